The van der Waals surface area contributed by atoms with Crippen LogP contribution in [-0.4, -0.2) is 18.6 Å². The van der Waals surface area contributed by atoms with Crippen molar-refractivity contribution in [3.8, 4) is 0 Å². The molecule has 3 aromatic rings. The van der Waals surface area contributed by atoms with E-state index >= 15 is 0 Å². The van der Waals surface area contributed by atoms with E-state index in [1.807, 2.05) is 7.05 Å². The first kappa shape index (κ1) is 12.9. The summed E-state index contributed by atoms with van der Waals surface area (Å²) >= 11 is 0. The molecule has 1 heterocycles. The van der Waals surface area contributed by atoms with E-state index in [9.17, 15) is 0 Å². The van der Waals surface area contributed by atoms with E-state index in [2.05, 4.69) is 71.1 Å². The maximum Gasteiger partial charge on any atom is 0.0457 e. The summed E-state index contributed by atoms with van der Waals surface area (Å²) in [6.07, 6.45) is 3.26. The van der Waals surface area contributed by atoms with Gasteiger partial charge in [-0.15, -0.1) is 0 Å². The van der Waals surface area contributed by atoms with Gasteiger partial charge in [0.15, 0.2) is 0 Å². The van der Waals surface area contributed by atoms with Crippen LogP contribution in [0.25, 0.3) is 10.9 Å². The van der Waals surface area contributed by atoms with E-state index in [0.29, 0.717) is 5.92 Å². The van der Waals surface area contributed by atoms with Gasteiger partial charge in [-0.25, -0.2) is 0 Å². The molecule has 0 amide bonds. The molecule has 0 radical (unpaired) electrons. The van der Waals surface area contributed by atoms with Gasteiger partial charge in [0.1, 0.15) is 0 Å². The van der Waals surface area contributed by atoms with Crippen LogP contribution in [0, 0.1) is 0 Å². The van der Waals surface area contributed by atoms with Gasteiger partial charge in [0.25, 0.3) is 0 Å². The molecule has 0 aliphatic heterocycles. The number of aromatic nitrogens is 1. The lowest BCUT2D eigenvalue weighted by atomic mass is 9.88. The summed E-state index contributed by atoms with van der Waals surface area (Å²) in [7, 11) is 2.01. The second-order valence-electron chi connectivity index (χ2n) is 5.15. The van der Waals surface area contributed by atoms with Crippen LogP contribution in [0.4, 0.5) is 0 Å². The number of H-pyrrole nitrogens is 1. The fraction of sp³-hybridized carbons (Fsp3) is 0.222. The Kier molecular flexibility index (Phi) is 3.84. The molecule has 0 fully saturated rings. The van der Waals surface area contributed by atoms with Gasteiger partial charge in [-0.2, -0.15) is 0 Å². The van der Waals surface area contributed by atoms with Crippen LogP contribution in [0.5, 0.6) is 0 Å². The summed E-state index contributed by atoms with van der Waals surface area (Å²) in [4.78, 5) is 3.39. The Morgan fingerprint density at radius 2 is 1.75 bits per heavy atom. The van der Waals surface area contributed by atoms with Gasteiger partial charge in [0.05, 0.1) is 0 Å². The van der Waals surface area contributed by atoms with E-state index in [0.717, 1.165) is 13.0 Å². The smallest absolute Gasteiger partial charge is 0.0457 e. The van der Waals surface area contributed by atoms with Crippen molar-refractivity contribution in [1.29, 1.82) is 0 Å². The summed E-state index contributed by atoms with van der Waals surface area (Å²) in [5.41, 5.74) is 3.99. The number of hydrogen-bond donors (Lipinski definition) is 2. The number of nitrogens with one attached hydrogen (secondary N) is 2. The highest BCUT2D eigenvalue weighted by molar-refractivity contribution is 5.84. The normalized spacial score (nSPS) is 12.7. The standard InChI is InChI=1S/C18H20N2/c1-19-12-11-15(14-7-3-2-4-8-14)17-13-20-18-10-6-5-9-16(17)18/h2-10,13,15,19-20H,11-12H2,1H3/t15-/m0/s1. The quantitative estimate of drug-likeness (QED) is 0.718. The van der Waals surface area contributed by atoms with E-state index in [-0.39, 0.29) is 0 Å². The Hall–Kier alpha value is -2.06. The zero-order valence-corrected chi connectivity index (χ0v) is 11.8. The third kappa shape index (κ3) is 2.47. The highest BCUT2D eigenvalue weighted by atomic mass is 14.8. The Labute approximate surface area is 119 Å². The second-order valence-corrected chi connectivity index (χ2v) is 5.15. The highest BCUT2D eigenvalue weighted by Gasteiger charge is 2.17. The van der Waals surface area contributed by atoms with Crippen LogP contribution in [-0.2, 0) is 0 Å². The summed E-state index contributed by atoms with van der Waals surface area (Å²) < 4.78 is 0. The average molecular weight is 264 g/mol. The third-order valence-corrected chi connectivity index (χ3v) is 3.88. The maximum atomic E-state index is 3.39. The molecule has 102 valence electrons. The molecule has 1 aromatic heterocycles. The van der Waals surface area contributed by atoms with Crippen LogP contribution in [0.1, 0.15) is 23.5 Å². The number of para-hydroxylation sites is 1. The molecule has 3 rings (SSSR count). The summed E-state index contributed by atoms with van der Waals surface area (Å²) in [5.74, 6) is 0.430. The molecule has 1 atom stereocenters. The minimum absolute atomic E-state index is 0.430. The SMILES string of the molecule is CNCC[C@@H](c1ccccc1)c1c[nH]c2ccccc12. The molecule has 2 heteroatoms. The van der Waals surface area contributed by atoms with Crippen LogP contribution >= 0.6 is 0 Å². The molecule has 0 unspecified atom stereocenters. The molecule has 0 saturated heterocycles. The largest absolute Gasteiger partial charge is 0.361 e. The first-order valence-electron chi connectivity index (χ1n) is 7.15. The van der Waals surface area contributed by atoms with Gasteiger partial charge in [-0.1, -0.05) is 48.5 Å². The number of rotatable bonds is 5. The summed E-state index contributed by atoms with van der Waals surface area (Å²) in [5, 5.41) is 4.60. The minimum atomic E-state index is 0.430. The zero-order valence-electron chi connectivity index (χ0n) is 11.8. The first-order chi connectivity index (χ1) is 9.90. The summed E-state index contributed by atoms with van der Waals surface area (Å²) in [6.45, 7) is 1.01. The van der Waals surface area contributed by atoms with Gasteiger partial charge >= 0.3 is 0 Å². The topological polar surface area (TPSA) is 27.8 Å². The molecule has 0 saturated carbocycles. The van der Waals surface area contributed by atoms with Crippen LogP contribution in [0.2, 0.25) is 0 Å². The lowest BCUT2D eigenvalue weighted by molar-refractivity contribution is 0.664. The minimum Gasteiger partial charge on any atom is -0.361 e. The van der Waals surface area contributed by atoms with Gasteiger partial charge in [-0.3, -0.25) is 0 Å². The molecule has 2 nitrogen and oxygen atoms in total. The predicted molar refractivity (Wildman–Crippen MR) is 85.1 cm³/mol. The Morgan fingerprint density at radius 1 is 1.00 bits per heavy atom. The molecule has 0 aliphatic carbocycles. The second kappa shape index (κ2) is 5.93. The van der Waals surface area contributed by atoms with Crippen molar-refractivity contribution in [3.05, 3.63) is 71.9 Å². The fourth-order valence-electron chi connectivity index (χ4n) is 2.86. The molecule has 20 heavy (non-hydrogen) atoms. The molecular formula is C18H20N2. The monoisotopic (exact) mass is 264 g/mol. The number of benzene rings is 2. The molecular weight excluding hydrogens is 244 g/mol. The van der Waals surface area contributed by atoms with Crippen molar-refractivity contribution in [2.45, 2.75) is 12.3 Å². The molecule has 0 bridgehead atoms. The van der Waals surface area contributed by atoms with Crippen molar-refractivity contribution < 1.29 is 0 Å². The van der Waals surface area contributed by atoms with Gasteiger partial charge in [0, 0.05) is 23.0 Å². The van der Waals surface area contributed by atoms with Crippen molar-refractivity contribution >= 4 is 10.9 Å². The summed E-state index contributed by atoms with van der Waals surface area (Å²) in [6, 6.07) is 19.3. The average Bonchev–Trinajstić information content (AvgIpc) is 2.93. The van der Waals surface area contributed by atoms with Crippen LogP contribution in [0.15, 0.2) is 60.8 Å². The predicted octanol–water partition coefficient (Wildman–Crippen LogP) is 3.91. The van der Waals surface area contributed by atoms with Gasteiger partial charge in [-0.05, 0) is 37.2 Å². The van der Waals surface area contributed by atoms with Gasteiger partial charge < -0.3 is 10.3 Å². The molecule has 0 spiro atoms. The van der Waals surface area contributed by atoms with Crippen molar-refractivity contribution in [2.75, 3.05) is 13.6 Å². The zero-order chi connectivity index (χ0) is 13.8. The number of fused-ring (bicyclic) bond motifs is 1. The van der Waals surface area contributed by atoms with Crippen LogP contribution in [0.3, 0.4) is 0 Å². The van der Waals surface area contributed by atoms with E-state index < -0.39 is 0 Å². The van der Waals surface area contributed by atoms with E-state index in [4.69, 9.17) is 0 Å². The van der Waals surface area contributed by atoms with E-state index in [1.54, 1.807) is 0 Å². The first-order valence-corrected chi connectivity index (χ1v) is 7.15. The van der Waals surface area contributed by atoms with Crippen molar-refractivity contribution in [3.63, 3.8) is 0 Å². The Bertz CT molecular complexity index is 670. The molecule has 2 N–H and O–H groups in total. The van der Waals surface area contributed by atoms with Crippen LogP contribution < -0.4 is 5.32 Å². The lowest BCUT2D eigenvalue weighted by Gasteiger charge is -2.17. The number of aromatic amines is 1. The van der Waals surface area contributed by atoms with Crippen molar-refractivity contribution in [2.24, 2.45) is 0 Å². The fourth-order valence-corrected chi connectivity index (χ4v) is 2.86. The third-order valence-electron chi connectivity index (χ3n) is 3.88. The Balaban J connectivity index is 2.05. The van der Waals surface area contributed by atoms with Crippen molar-refractivity contribution in [1.82, 2.24) is 10.3 Å². The Morgan fingerprint density at radius 3 is 2.55 bits per heavy atom. The number of hydrogen-bond acceptors (Lipinski definition) is 1. The maximum absolute atomic E-state index is 3.39. The lowest BCUT2D eigenvalue weighted by Crippen LogP contribution is -2.13. The van der Waals surface area contributed by atoms with Gasteiger partial charge in [0.2, 0.25) is 0 Å². The molecule has 2 aromatic carbocycles. The molecule has 0 aliphatic rings. The van der Waals surface area contributed by atoms with E-state index in [1.165, 1.54) is 22.0 Å². The highest BCUT2D eigenvalue weighted by Crippen LogP contribution is 2.32.